The van der Waals surface area contributed by atoms with Crippen molar-refractivity contribution in [2.24, 2.45) is 0 Å². The summed E-state index contributed by atoms with van der Waals surface area (Å²) >= 11 is 0. The van der Waals surface area contributed by atoms with Gasteiger partial charge in [0, 0.05) is 26.1 Å². The number of aliphatic carboxylic acids is 1. The molecule has 0 unspecified atom stereocenters. The first-order valence-corrected chi connectivity index (χ1v) is 4.43. The fraction of sp³-hybridized carbons (Fsp3) is 0.250. The molecule has 0 aliphatic rings. The second-order valence-corrected chi connectivity index (χ2v) is 6.93. The van der Waals surface area contributed by atoms with Crippen LogP contribution in [0.15, 0.2) is 10.4 Å². The van der Waals surface area contributed by atoms with Gasteiger partial charge in [0.25, 0.3) is 0 Å². The van der Waals surface area contributed by atoms with E-state index in [0.29, 0.717) is 5.57 Å². The van der Waals surface area contributed by atoms with E-state index >= 15 is 0 Å². The Morgan fingerprint density at radius 1 is 1.50 bits per heavy atom. The monoisotopic (exact) mass is 146 g/mol. The molecule has 0 aromatic rings. The van der Waals surface area contributed by atoms with E-state index in [9.17, 15) is 4.79 Å². The Kier molecular flexibility index (Phi) is 2.71. The third-order valence-electron chi connectivity index (χ3n) is 1.07. The third-order valence-corrected chi connectivity index (χ3v) is 2.57. The average Bonchev–Trinajstić information content (AvgIpc) is 1.64. The minimum atomic E-state index is -0.759. The van der Waals surface area contributed by atoms with Gasteiger partial charge in [-0.15, -0.1) is 4.82 Å². The van der Waals surface area contributed by atoms with Gasteiger partial charge in [-0.25, -0.2) is 4.79 Å². The second-order valence-electron chi connectivity index (χ2n) is 1.93. The van der Waals surface area contributed by atoms with Crippen LogP contribution in [0.3, 0.4) is 0 Å². The predicted molar refractivity (Wildman–Crippen MR) is 40.2 cm³/mol. The summed E-state index contributed by atoms with van der Waals surface area (Å²) in [4.78, 5) is 11.3. The van der Waals surface area contributed by atoms with Gasteiger partial charge < -0.3 is 5.11 Å². The highest BCUT2D eigenvalue weighted by Gasteiger charge is 1.98. The molecule has 0 atom stereocenters. The molecule has 0 aliphatic heterocycles. The standard InChI is InChI=1S/C4H10O2Si2/c1-2(3(5)6)4(7)8/h1,7-8H3,(H,5,6). The topological polar surface area (TPSA) is 37.3 Å². The minimum Gasteiger partial charge on any atom is -0.478 e. The number of carboxylic acids is 1. The molecule has 0 fully saturated rings. The largest absolute Gasteiger partial charge is 0.478 e. The number of carbonyl (C=O) groups is 1. The van der Waals surface area contributed by atoms with Gasteiger partial charge in [-0.3, -0.25) is 0 Å². The van der Waals surface area contributed by atoms with E-state index in [1.807, 2.05) is 0 Å². The second kappa shape index (κ2) is 2.83. The van der Waals surface area contributed by atoms with Crippen LogP contribution in [0.1, 0.15) is 6.92 Å². The predicted octanol–water partition coefficient (Wildman–Crippen LogP) is -1.97. The van der Waals surface area contributed by atoms with Gasteiger partial charge >= 0.3 is 5.97 Å². The molecule has 0 aromatic heterocycles. The van der Waals surface area contributed by atoms with Crippen LogP contribution in [0.5, 0.6) is 0 Å². The van der Waals surface area contributed by atoms with Crippen molar-refractivity contribution in [3.63, 3.8) is 0 Å². The summed E-state index contributed by atoms with van der Waals surface area (Å²) in [5, 5.41) is 8.34. The summed E-state index contributed by atoms with van der Waals surface area (Å²) in [7, 11) is 1.82. The van der Waals surface area contributed by atoms with Crippen LogP contribution in [0.2, 0.25) is 0 Å². The lowest BCUT2D eigenvalue weighted by atomic mass is 10.4. The van der Waals surface area contributed by atoms with Crippen molar-refractivity contribution in [3.05, 3.63) is 10.4 Å². The maximum Gasteiger partial charge on any atom is 0.330 e. The molecular formula is C4H10O2Si2. The van der Waals surface area contributed by atoms with Crippen molar-refractivity contribution in [1.82, 2.24) is 0 Å². The Morgan fingerprint density at radius 3 is 1.88 bits per heavy atom. The van der Waals surface area contributed by atoms with Crippen LogP contribution in [0, 0.1) is 0 Å². The number of hydrogen-bond acceptors (Lipinski definition) is 1. The Balaban J connectivity index is 4.23. The first kappa shape index (κ1) is 7.64. The van der Waals surface area contributed by atoms with Gasteiger partial charge in [0.1, 0.15) is 0 Å². The highest BCUT2D eigenvalue weighted by Crippen LogP contribution is 1.93. The van der Waals surface area contributed by atoms with Crippen molar-refractivity contribution < 1.29 is 9.90 Å². The summed E-state index contributed by atoms with van der Waals surface area (Å²) in [5.74, 6) is -0.759. The molecule has 0 radical (unpaired) electrons. The zero-order valence-electron chi connectivity index (χ0n) is 5.36. The fourth-order valence-corrected chi connectivity index (χ4v) is 0.642. The smallest absolute Gasteiger partial charge is 0.330 e. The van der Waals surface area contributed by atoms with Gasteiger partial charge in [-0.05, 0) is 6.92 Å². The summed E-state index contributed by atoms with van der Waals surface area (Å²) < 4.78 is 0. The van der Waals surface area contributed by atoms with E-state index in [-0.39, 0.29) is 0 Å². The van der Waals surface area contributed by atoms with Gasteiger partial charge in [0.05, 0.1) is 0 Å². The van der Waals surface area contributed by atoms with E-state index in [2.05, 4.69) is 0 Å². The molecule has 0 aromatic carbocycles. The Bertz CT molecular complexity index is 135. The summed E-state index contributed by atoms with van der Waals surface area (Å²) in [6.07, 6.45) is 0. The van der Waals surface area contributed by atoms with Crippen LogP contribution >= 0.6 is 0 Å². The first-order chi connectivity index (χ1) is 3.55. The normalized spacial score (nSPS) is 9.12. The lowest BCUT2D eigenvalue weighted by Crippen LogP contribution is -2.00. The van der Waals surface area contributed by atoms with Crippen molar-refractivity contribution in [2.45, 2.75) is 6.92 Å². The molecule has 2 nitrogen and oxygen atoms in total. The highest BCUT2D eigenvalue weighted by molar-refractivity contribution is 6.49. The first-order valence-electron chi connectivity index (χ1n) is 2.43. The molecule has 0 amide bonds. The molecule has 46 valence electrons. The van der Waals surface area contributed by atoms with Crippen LogP contribution in [0.25, 0.3) is 0 Å². The van der Waals surface area contributed by atoms with E-state index in [4.69, 9.17) is 5.11 Å². The van der Waals surface area contributed by atoms with Crippen molar-refractivity contribution in [3.8, 4) is 0 Å². The minimum absolute atomic E-state index is 0.559. The molecule has 1 N–H and O–H groups in total. The SMILES string of the molecule is CC(C(=O)O)=C([SiH3])[SiH3]. The average molecular weight is 146 g/mol. The van der Waals surface area contributed by atoms with Gasteiger partial charge in [-0.1, -0.05) is 0 Å². The zero-order valence-corrected chi connectivity index (χ0v) is 9.36. The molecular weight excluding hydrogens is 136 g/mol. The van der Waals surface area contributed by atoms with Gasteiger partial charge in [0.15, 0.2) is 0 Å². The maximum absolute atomic E-state index is 10.1. The number of carboxylic acid groups (broad SMARTS) is 1. The molecule has 0 rings (SSSR count). The van der Waals surface area contributed by atoms with Crippen molar-refractivity contribution in [2.75, 3.05) is 0 Å². The Morgan fingerprint density at radius 2 is 1.88 bits per heavy atom. The Hall–Kier alpha value is -0.356. The van der Waals surface area contributed by atoms with Crippen molar-refractivity contribution >= 4 is 26.5 Å². The fourth-order valence-electron chi connectivity index (χ4n) is 0.214. The van der Waals surface area contributed by atoms with E-state index in [0.717, 1.165) is 25.3 Å². The molecule has 0 aliphatic carbocycles. The summed E-state index contributed by atoms with van der Waals surface area (Å²) in [5.41, 5.74) is 0.559. The molecule has 4 heteroatoms. The van der Waals surface area contributed by atoms with Crippen LogP contribution in [-0.2, 0) is 4.79 Å². The maximum atomic E-state index is 10.1. The van der Waals surface area contributed by atoms with E-state index in [1.165, 1.54) is 0 Å². The highest BCUT2D eigenvalue weighted by atomic mass is 28.2. The van der Waals surface area contributed by atoms with Gasteiger partial charge in [0.2, 0.25) is 0 Å². The third kappa shape index (κ3) is 2.08. The molecule has 0 saturated carbocycles. The summed E-state index contributed by atoms with van der Waals surface area (Å²) in [6, 6.07) is 0. The molecule has 0 spiro atoms. The number of hydrogen-bond donors (Lipinski definition) is 1. The quantitative estimate of drug-likeness (QED) is 0.344. The number of rotatable bonds is 1. The molecule has 0 heterocycles. The van der Waals surface area contributed by atoms with E-state index in [1.54, 1.807) is 6.92 Å². The molecule has 8 heavy (non-hydrogen) atoms. The zero-order chi connectivity index (χ0) is 6.73. The molecule has 0 saturated heterocycles. The lowest BCUT2D eigenvalue weighted by Gasteiger charge is -1.92. The van der Waals surface area contributed by atoms with E-state index < -0.39 is 5.97 Å². The van der Waals surface area contributed by atoms with Crippen LogP contribution < -0.4 is 0 Å². The Labute approximate surface area is 54.4 Å². The van der Waals surface area contributed by atoms with Crippen LogP contribution in [-0.4, -0.2) is 31.6 Å². The lowest BCUT2D eigenvalue weighted by molar-refractivity contribution is -0.132. The van der Waals surface area contributed by atoms with Crippen LogP contribution in [0.4, 0.5) is 0 Å². The van der Waals surface area contributed by atoms with Gasteiger partial charge in [-0.2, -0.15) is 0 Å². The summed E-state index contributed by atoms with van der Waals surface area (Å²) in [6.45, 7) is 1.66. The van der Waals surface area contributed by atoms with Crippen molar-refractivity contribution in [1.29, 1.82) is 0 Å². The molecule has 0 bridgehead atoms.